The van der Waals surface area contributed by atoms with Crippen molar-refractivity contribution in [1.82, 2.24) is 4.98 Å². The van der Waals surface area contributed by atoms with Crippen molar-refractivity contribution in [3.8, 4) is 23.0 Å². The van der Waals surface area contributed by atoms with E-state index in [1.54, 1.807) is 54.6 Å². The molecule has 2 N–H and O–H groups in total. The highest BCUT2D eigenvalue weighted by molar-refractivity contribution is 9.10. The number of aromatic nitrogens is 1. The van der Waals surface area contributed by atoms with Crippen molar-refractivity contribution in [3.05, 3.63) is 69.7 Å². The molecule has 8 heteroatoms. The topological polar surface area (TPSA) is 84.6 Å². The van der Waals surface area contributed by atoms with Crippen LogP contribution in [0, 0.1) is 0 Å². The molecule has 146 valence electrons. The number of hydrogen-bond acceptors (Lipinski definition) is 5. The van der Waals surface area contributed by atoms with Crippen molar-refractivity contribution < 1.29 is 19.1 Å². The van der Waals surface area contributed by atoms with Gasteiger partial charge in [-0.3, -0.25) is 4.79 Å². The Morgan fingerprint density at radius 2 is 2.00 bits per heavy atom. The third-order valence-electron chi connectivity index (χ3n) is 4.25. The summed E-state index contributed by atoms with van der Waals surface area (Å²) in [7, 11) is 1.51. The molecule has 0 atom stereocenters. The Labute approximate surface area is 179 Å². The lowest BCUT2D eigenvalue weighted by Gasteiger charge is -2.07. The highest BCUT2D eigenvalue weighted by atomic mass is 79.9. The Morgan fingerprint density at radius 3 is 2.72 bits per heavy atom. The number of carbonyl (C=O) groups excluding carboxylic acids is 1. The molecule has 1 amide bonds. The normalized spacial score (nSPS) is 10.9. The average molecular weight is 474 g/mol. The minimum Gasteiger partial charge on any atom is -0.507 e. The monoisotopic (exact) mass is 472 g/mol. The number of rotatable bonds is 4. The van der Waals surface area contributed by atoms with Crippen LogP contribution in [0.1, 0.15) is 10.4 Å². The highest BCUT2D eigenvalue weighted by Crippen LogP contribution is 2.32. The summed E-state index contributed by atoms with van der Waals surface area (Å²) < 4.78 is 11.4. The number of fused-ring (bicyclic) bond motifs is 1. The minimum absolute atomic E-state index is 0.133. The van der Waals surface area contributed by atoms with Gasteiger partial charge in [-0.05, 0) is 70.5 Å². The lowest BCUT2D eigenvalue weighted by Crippen LogP contribution is -2.11. The number of phenolic OH excluding ortho intramolecular Hbond substituents is 1. The molecule has 0 aliphatic carbocycles. The fourth-order valence-corrected chi connectivity index (χ4v) is 3.42. The summed E-state index contributed by atoms with van der Waals surface area (Å²) in [4.78, 5) is 17.0. The number of phenols is 1. The van der Waals surface area contributed by atoms with Crippen LogP contribution < -0.4 is 10.1 Å². The van der Waals surface area contributed by atoms with Gasteiger partial charge in [-0.2, -0.15) is 0 Å². The number of nitrogens with one attached hydrogen (secondary N) is 1. The standard InChI is InChI=1S/C21H14BrClN2O4/c1-28-18-6-3-11(9-15(18)23)20(27)24-13-4-7-19-16(10-13)25-21(29-19)12-2-5-17(26)14(22)8-12/h2-10,26H,1H3,(H,24,27). The average Bonchev–Trinajstić information content (AvgIpc) is 3.13. The zero-order valence-electron chi connectivity index (χ0n) is 15.1. The van der Waals surface area contributed by atoms with Crippen LogP contribution in [-0.2, 0) is 0 Å². The molecule has 0 saturated heterocycles. The van der Waals surface area contributed by atoms with E-state index in [4.69, 9.17) is 20.8 Å². The number of benzene rings is 3. The van der Waals surface area contributed by atoms with E-state index in [0.29, 0.717) is 49.0 Å². The number of nitrogens with zero attached hydrogens (tertiary/aromatic N) is 1. The summed E-state index contributed by atoms with van der Waals surface area (Å²) >= 11 is 9.37. The molecule has 4 aromatic rings. The summed E-state index contributed by atoms with van der Waals surface area (Å²) in [6.45, 7) is 0. The molecule has 0 spiro atoms. The van der Waals surface area contributed by atoms with E-state index in [-0.39, 0.29) is 11.7 Å². The van der Waals surface area contributed by atoms with Gasteiger partial charge in [-0.25, -0.2) is 4.98 Å². The molecule has 4 rings (SSSR count). The summed E-state index contributed by atoms with van der Waals surface area (Å²) in [5.41, 5.74) is 2.86. The molecular formula is C21H14BrClN2O4. The zero-order valence-corrected chi connectivity index (χ0v) is 17.4. The first kappa shape index (κ1) is 19.3. The van der Waals surface area contributed by atoms with E-state index >= 15 is 0 Å². The number of aromatic hydroxyl groups is 1. The molecule has 29 heavy (non-hydrogen) atoms. The van der Waals surface area contributed by atoms with Crippen molar-refractivity contribution in [1.29, 1.82) is 0 Å². The lowest BCUT2D eigenvalue weighted by molar-refractivity contribution is 0.102. The van der Waals surface area contributed by atoms with Gasteiger partial charge in [0.15, 0.2) is 5.58 Å². The second kappa shape index (κ2) is 7.77. The molecule has 0 radical (unpaired) electrons. The van der Waals surface area contributed by atoms with Crippen molar-refractivity contribution >= 4 is 50.2 Å². The molecule has 1 heterocycles. The quantitative estimate of drug-likeness (QED) is 0.387. The van der Waals surface area contributed by atoms with Gasteiger partial charge in [0.05, 0.1) is 16.6 Å². The van der Waals surface area contributed by atoms with Crippen LogP contribution in [0.4, 0.5) is 5.69 Å². The fraction of sp³-hybridized carbons (Fsp3) is 0.0476. The van der Waals surface area contributed by atoms with Gasteiger partial charge in [-0.1, -0.05) is 11.6 Å². The van der Waals surface area contributed by atoms with Crippen LogP contribution in [-0.4, -0.2) is 23.1 Å². The maximum absolute atomic E-state index is 12.5. The molecule has 0 bridgehead atoms. The number of halogens is 2. The third-order valence-corrected chi connectivity index (χ3v) is 5.18. The van der Waals surface area contributed by atoms with Crippen molar-refractivity contribution in [2.75, 3.05) is 12.4 Å². The fourth-order valence-electron chi connectivity index (χ4n) is 2.78. The molecule has 0 aliphatic heterocycles. The molecule has 0 unspecified atom stereocenters. The molecule has 1 aromatic heterocycles. The molecule has 0 aliphatic rings. The van der Waals surface area contributed by atoms with E-state index < -0.39 is 0 Å². The van der Waals surface area contributed by atoms with Crippen LogP contribution >= 0.6 is 27.5 Å². The van der Waals surface area contributed by atoms with E-state index in [1.807, 2.05) is 0 Å². The number of hydrogen-bond donors (Lipinski definition) is 2. The molecule has 0 saturated carbocycles. The summed E-state index contributed by atoms with van der Waals surface area (Å²) in [5, 5.41) is 12.8. The van der Waals surface area contributed by atoms with Gasteiger partial charge >= 0.3 is 0 Å². The van der Waals surface area contributed by atoms with Gasteiger partial charge in [0.1, 0.15) is 17.0 Å². The van der Waals surface area contributed by atoms with Crippen LogP contribution in [0.5, 0.6) is 11.5 Å². The SMILES string of the molecule is COc1ccc(C(=O)Nc2ccc3oc(-c4ccc(O)c(Br)c4)nc3c2)cc1Cl. The smallest absolute Gasteiger partial charge is 0.255 e. The maximum atomic E-state index is 12.5. The van der Waals surface area contributed by atoms with Crippen molar-refractivity contribution in [2.24, 2.45) is 0 Å². The number of ether oxygens (including phenoxy) is 1. The lowest BCUT2D eigenvalue weighted by atomic mass is 10.2. The van der Waals surface area contributed by atoms with Crippen LogP contribution in [0.2, 0.25) is 5.02 Å². The number of anilines is 1. The van der Waals surface area contributed by atoms with E-state index in [1.165, 1.54) is 7.11 Å². The Hall–Kier alpha value is -3.03. The van der Waals surface area contributed by atoms with Gasteiger partial charge in [-0.15, -0.1) is 0 Å². The van der Waals surface area contributed by atoms with Gasteiger partial charge in [0.25, 0.3) is 5.91 Å². The highest BCUT2D eigenvalue weighted by Gasteiger charge is 2.13. The summed E-state index contributed by atoms with van der Waals surface area (Å²) in [6, 6.07) is 15.0. The Kier molecular flexibility index (Phi) is 5.17. The van der Waals surface area contributed by atoms with Crippen LogP contribution in [0.3, 0.4) is 0 Å². The molecule has 3 aromatic carbocycles. The van der Waals surface area contributed by atoms with Gasteiger partial charge in [0.2, 0.25) is 5.89 Å². The number of amides is 1. The molecule has 0 fully saturated rings. The zero-order chi connectivity index (χ0) is 20.5. The van der Waals surface area contributed by atoms with Crippen LogP contribution in [0.25, 0.3) is 22.6 Å². The number of methoxy groups -OCH3 is 1. The van der Waals surface area contributed by atoms with E-state index in [2.05, 4.69) is 26.2 Å². The first-order valence-electron chi connectivity index (χ1n) is 8.49. The van der Waals surface area contributed by atoms with Gasteiger partial charge in [0, 0.05) is 16.8 Å². The Balaban J connectivity index is 1.59. The second-order valence-corrected chi connectivity index (χ2v) is 7.43. The third kappa shape index (κ3) is 3.92. The number of oxazole rings is 1. The summed E-state index contributed by atoms with van der Waals surface area (Å²) in [5.74, 6) is 0.736. The first-order valence-corrected chi connectivity index (χ1v) is 9.66. The van der Waals surface area contributed by atoms with Gasteiger partial charge < -0.3 is 19.6 Å². The predicted octanol–water partition coefficient (Wildman–Crippen LogP) is 5.88. The molecule has 6 nitrogen and oxygen atoms in total. The van der Waals surface area contributed by atoms with E-state index in [0.717, 1.165) is 0 Å². The first-order chi connectivity index (χ1) is 13.9. The minimum atomic E-state index is -0.305. The van der Waals surface area contributed by atoms with Crippen molar-refractivity contribution in [3.63, 3.8) is 0 Å². The van der Waals surface area contributed by atoms with E-state index in [9.17, 15) is 9.90 Å². The van der Waals surface area contributed by atoms with Crippen molar-refractivity contribution in [2.45, 2.75) is 0 Å². The second-order valence-electron chi connectivity index (χ2n) is 6.17. The molecular weight excluding hydrogens is 460 g/mol. The maximum Gasteiger partial charge on any atom is 0.255 e. The summed E-state index contributed by atoms with van der Waals surface area (Å²) in [6.07, 6.45) is 0. The Morgan fingerprint density at radius 1 is 1.17 bits per heavy atom. The predicted molar refractivity (Wildman–Crippen MR) is 115 cm³/mol. The van der Waals surface area contributed by atoms with Crippen LogP contribution in [0.15, 0.2) is 63.5 Å². The number of carbonyl (C=O) groups is 1. The largest absolute Gasteiger partial charge is 0.507 e. The Bertz CT molecular complexity index is 1240.